The number of urea groups is 1. The van der Waals surface area contributed by atoms with Crippen LogP contribution in [0.15, 0.2) is 0 Å². The van der Waals surface area contributed by atoms with E-state index in [4.69, 9.17) is 9.84 Å². The number of carboxylic acids is 1. The van der Waals surface area contributed by atoms with Crippen molar-refractivity contribution in [3.63, 3.8) is 0 Å². The summed E-state index contributed by atoms with van der Waals surface area (Å²) in [5.74, 6) is 1.17. The van der Waals surface area contributed by atoms with E-state index in [1.165, 1.54) is 5.75 Å². The minimum Gasteiger partial charge on any atom is -0.480 e. The topological polar surface area (TPSA) is 78.9 Å². The molecule has 2 amide bonds. The van der Waals surface area contributed by atoms with E-state index in [1.807, 2.05) is 18.7 Å². The first-order chi connectivity index (χ1) is 8.98. The largest absolute Gasteiger partial charge is 0.480 e. The number of hydrogen-bond acceptors (Lipinski definition) is 4. The molecule has 1 unspecified atom stereocenters. The van der Waals surface area contributed by atoms with E-state index in [2.05, 4.69) is 5.32 Å². The number of aliphatic carboxylic acids is 1. The van der Waals surface area contributed by atoms with E-state index < -0.39 is 11.6 Å². The number of carboxylic acid groups (broad SMARTS) is 1. The Balaban J connectivity index is 1.70. The highest BCUT2D eigenvalue weighted by Crippen LogP contribution is 2.25. The predicted octanol–water partition coefficient (Wildman–Crippen LogP) is 0.767. The van der Waals surface area contributed by atoms with Gasteiger partial charge in [-0.3, -0.25) is 0 Å². The Bertz CT molecular complexity index is 352. The minimum atomic E-state index is -0.983. The van der Waals surface area contributed by atoms with Crippen LogP contribution in [-0.2, 0) is 9.53 Å². The second kappa shape index (κ2) is 6.00. The Morgan fingerprint density at radius 3 is 2.84 bits per heavy atom. The summed E-state index contributed by atoms with van der Waals surface area (Å²) in [6.45, 7) is 2.42. The van der Waals surface area contributed by atoms with E-state index in [1.54, 1.807) is 4.90 Å². The first-order valence-electron chi connectivity index (χ1n) is 6.47. The van der Waals surface area contributed by atoms with E-state index in [-0.39, 0.29) is 18.7 Å². The highest BCUT2D eigenvalue weighted by atomic mass is 32.2. The molecule has 1 atom stereocenters. The Morgan fingerprint density at radius 1 is 1.53 bits per heavy atom. The minimum absolute atomic E-state index is 0.0658. The van der Waals surface area contributed by atoms with Crippen LogP contribution < -0.4 is 5.32 Å². The standard InChI is InChI=1S/C12H20N2O4S/c1-12(18-5-10(15)16)7-14(8-12)11(17)13-9-3-2-4-19-6-9/h9H,2-8H2,1H3,(H,13,17)(H,15,16). The van der Waals surface area contributed by atoms with Crippen molar-refractivity contribution >= 4 is 23.8 Å². The van der Waals surface area contributed by atoms with Gasteiger partial charge in [-0.15, -0.1) is 0 Å². The van der Waals surface area contributed by atoms with Gasteiger partial charge in [0.15, 0.2) is 0 Å². The van der Waals surface area contributed by atoms with Crippen LogP contribution in [0.3, 0.4) is 0 Å². The summed E-state index contributed by atoms with van der Waals surface area (Å²) in [5, 5.41) is 11.6. The lowest BCUT2D eigenvalue weighted by Gasteiger charge is -2.47. The summed E-state index contributed by atoms with van der Waals surface area (Å²) in [4.78, 5) is 24.1. The monoisotopic (exact) mass is 288 g/mol. The first-order valence-corrected chi connectivity index (χ1v) is 7.63. The van der Waals surface area contributed by atoms with Gasteiger partial charge < -0.3 is 20.1 Å². The van der Waals surface area contributed by atoms with Crippen molar-refractivity contribution in [3.05, 3.63) is 0 Å². The molecule has 0 aliphatic carbocycles. The van der Waals surface area contributed by atoms with Crippen LogP contribution in [0.2, 0.25) is 0 Å². The highest BCUT2D eigenvalue weighted by molar-refractivity contribution is 7.99. The first kappa shape index (κ1) is 14.5. The molecule has 2 saturated heterocycles. The second-order valence-electron chi connectivity index (χ2n) is 5.35. The molecule has 6 nitrogen and oxygen atoms in total. The number of thioether (sulfide) groups is 1. The maximum absolute atomic E-state index is 12.0. The summed E-state index contributed by atoms with van der Waals surface area (Å²) in [5.41, 5.74) is -0.517. The molecule has 2 aliphatic rings. The Morgan fingerprint density at radius 2 is 2.26 bits per heavy atom. The van der Waals surface area contributed by atoms with Gasteiger partial charge in [0.2, 0.25) is 0 Å². The maximum atomic E-state index is 12.0. The predicted molar refractivity (Wildman–Crippen MR) is 72.4 cm³/mol. The molecule has 0 aromatic carbocycles. The molecule has 0 radical (unpaired) electrons. The zero-order valence-electron chi connectivity index (χ0n) is 11.1. The average molecular weight is 288 g/mol. The van der Waals surface area contributed by atoms with Crippen LogP contribution in [0.5, 0.6) is 0 Å². The number of ether oxygens (including phenoxy) is 1. The average Bonchev–Trinajstić information content (AvgIpc) is 2.34. The lowest BCUT2D eigenvalue weighted by Crippen LogP contribution is -2.66. The molecule has 2 aliphatic heterocycles. The number of nitrogens with zero attached hydrogens (tertiary/aromatic N) is 1. The van der Waals surface area contributed by atoms with Crippen LogP contribution in [-0.4, -0.2) is 64.9 Å². The number of amides is 2. The van der Waals surface area contributed by atoms with Gasteiger partial charge in [-0.25, -0.2) is 9.59 Å². The lowest BCUT2D eigenvalue weighted by molar-refractivity contribution is -0.159. The number of rotatable bonds is 4. The zero-order valence-corrected chi connectivity index (χ0v) is 11.9. The normalized spacial score (nSPS) is 25.5. The molecule has 2 rings (SSSR count). The zero-order chi connectivity index (χ0) is 13.9. The molecule has 0 saturated carbocycles. The lowest BCUT2D eigenvalue weighted by atomic mass is 9.97. The summed E-state index contributed by atoms with van der Waals surface area (Å²) in [6, 6.07) is 0.196. The van der Waals surface area contributed by atoms with Gasteiger partial charge in [-0.2, -0.15) is 11.8 Å². The summed E-state index contributed by atoms with van der Waals surface area (Å²) in [7, 11) is 0. The number of carbonyl (C=O) groups is 2. The smallest absolute Gasteiger partial charge is 0.329 e. The number of likely N-dealkylation sites (tertiary alicyclic amines) is 1. The van der Waals surface area contributed by atoms with Gasteiger partial charge in [0.05, 0.1) is 13.1 Å². The van der Waals surface area contributed by atoms with Crippen molar-refractivity contribution in [2.75, 3.05) is 31.2 Å². The molecule has 7 heteroatoms. The Kier molecular flexibility index (Phi) is 4.57. The van der Waals surface area contributed by atoms with Gasteiger partial charge in [0.25, 0.3) is 0 Å². The van der Waals surface area contributed by atoms with E-state index in [0.29, 0.717) is 13.1 Å². The Labute approximate surface area is 116 Å². The number of hydrogen-bond donors (Lipinski definition) is 2. The van der Waals surface area contributed by atoms with E-state index in [9.17, 15) is 9.59 Å². The molecule has 19 heavy (non-hydrogen) atoms. The second-order valence-corrected chi connectivity index (χ2v) is 6.50. The molecule has 108 valence electrons. The molecule has 2 fully saturated rings. The van der Waals surface area contributed by atoms with Crippen LogP contribution in [0.1, 0.15) is 19.8 Å². The molecule has 0 spiro atoms. The number of carbonyl (C=O) groups excluding carboxylic acids is 1. The molecule has 0 bridgehead atoms. The van der Waals surface area contributed by atoms with E-state index in [0.717, 1.165) is 18.6 Å². The van der Waals surface area contributed by atoms with E-state index >= 15 is 0 Å². The molecular weight excluding hydrogens is 268 g/mol. The van der Waals surface area contributed by atoms with Crippen LogP contribution in [0.25, 0.3) is 0 Å². The third-order valence-electron chi connectivity index (χ3n) is 3.37. The van der Waals surface area contributed by atoms with Gasteiger partial charge in [-0.1, -0.05) is 0 Å². The van der Waals surface area contributed by atoms with Crippen molar-refractivity contribution < 1.29 is 19.4 Å². The SMILES string of the molecule is CC1(OCC(=O)O)CN(C(=O)NC2CCCSC2)C1. The number of nitrogens with one attached hydrogen (secondary N) is 1. The maximum Gasteiger partial charge on any atom is 0.329 e. The van der Waals surface area contributed by atoms with Crippen molar-refractivity contribution in [3.8, 4) is 0 Å². The molecule has 2 heterocycles. The van der Waals surface area contributed by atoms with Crippen molar-refractivity contribution in [2.24, 2.45) is 0 Å². The quantitative estimate of drug-likeness (QED) is 0.799. The van der Waals surface area contributed by atoms with Crippen molar-refractivity contribution in [1.29, 1.82) is 0 Å². The third kappa shape index (κ3) is 4.01. The van der Waals surface area contributed by atoms with Gasteiger partial charge in [-0.05, 0) is 25.5 Å². The molecule has 0 aromatic heterocycles. The highest BCUT2D eigenvalue weighted by Gasteiger charge is 2.43. The van der Waals surface area contributed by atoms with Gasteiger partial charge in [0.1, 0.15) is 12.2 Å². The van der Waals surface area contributed by atoms with Crippen LogP contribution >= 0.6 is 11.8 Å². The fraction of sp³-hybridized carbons (Fsp3) is 0.833. The summed E-state index contributed by atoms with van der Waals surface area (Å²) >= 11 is 1.87. The van der Waals surface area contributed by atoms with Gasteiger partial charge in [0, 0.05) is 11.8 Å². The van der Waals surface area contributed by atoms with Crippen molar-refractivity contribution in [1.82, 2.24) is 10.2 Å². The van der Waals surface area contributed by atoms with Gasteiger partial charge >= 0.3 is 12.0 Å². The fourth-order valence-electron chi connectivity index (χ4n) is 2.35. The van der Waals surface area contributed by atoms with Crippen LogP contribution in [0, 0.1) is 0 Å². The van der Waals surface area contributed by atoms with Crippen LogP contribution in [0.4, 0.5) is 4.79 Å². The molecule has 2 N–H and O–H groups in total. The Hall–Kier alpha value is -0.950. The molecule has 0 aromatic rings. The third-order valence-corrected chi connectivity index (χ3v) is 4.59. The molecular formula is C12H20N2O4S. The fourth-order valence-corrected chi connectivity index (χ4v) is 3.42. The summed E-state index contributed by atoms with van der Waals surface area (Å²) < 4.78 is 5.27. The summed E-state index contributed by atoms with van der Waals surface area (Å²) in [6.07, 6.45) is 2.19. The van der Waals surface area contributed by atoms with Crippen molar-refractivity contribution in [2.45, 2.75) is 31.4 Å².